The molecule has 1 aromatic heterocycles. The number of benzene rings is 8. The number of rotatable bonds is 9. The highest BCUT2D eigenvalue weighted by Gasteiger charge is 2.46. The van der Waals surface area contributed by atoms with Crippen LogP contribution in [-0.4, -0.2) is 10.7 Å². The van der Waals surface area contributed by atoms with E-state index in [0.29, 0.717) is 0 Å². The first-order valence-corrected chi connectivity index (χ1v) is 19.7. The van der Waals surface area contributed by atoms with Crippen LogP contribution in [0.25, 0.3) is 78.0 Å². The van der Waals surface area contributed by atoms with Gasteiger partial charge in [0.05, 0.1) is 11.4 Å². The summed E-state index contributed by atoms with van der Waals surface area (Å²) in [5.41, 5.74) is 25.0. The minimum atomic E-state index is -0.890. The van der Waals surface area contributed by atoms with E-state index in [1.165, 1.54) is 38.9 Å². The second kappa shape index (κ2) is 14.9. The Morgan fingerprint density at radius 2 is 0.776 bits per heavy atom. The summed E-state index contributed by atoms with van der Waals surface area (Å²) < 4.78 is 0. The average Bonchev–Trinajstić information content (AvgIpc) is 4.02. The van der Waals surface area contributed by atoms with Crippen molar-refractivity contribution in [2.75, 3.05) is 0 Å². The summed E-state index contributed by atoms with van der Waals surface area (Å²) in [7, 11) is 0. The second-order valence-corrected chi connectivity index (χ2v) is 14.7. The van der Waals surface area contributed by atoms with Gasteiger partial charge in [-0.15, -0.1) is 0 Å². The highest BCUT2D eigenvalue weighted by molar-refractivity contribution is 6.17. The topological polar surface area (TPSA) is 51.3 Å². The van der Waals surface area contributed by atoms with Crippen molar-refractivity contribution < 1.29 is 0 Å². The number of nitrogens with zero attached hydrogens (tertiary/aromatic N) is 2. The van der Waals surface area contributed by atoms with Gasteiger partial charge in [-0.05, 0) is 103 Å². The predicted molar refractivity (Wildman–Crippen MR) is 241 cm³/mol. The molecule has 274 valence electrons. The molecule has 0 aliphatic carbocycles. The van der Waals surface area contributed by atoms with Crippen LogP contribution < -0.4 is 5.73 Å². The van der Waals surface area contributed by atoms with Crippen LogP contribution in [0.3, 0.4) is 0 Å². The SMILES string of the molecule is NC1(c2cccc(-c3cccc(-c4cc(-c5ccccc5)c(-c5ccccc5)c(-c5ccccc5)c4-c4ccccc4)c3)c2)N=C1c1cccc(-c2ccccn2)c1. The van der Waals surface area contributed by atoms with E-state index in [1.807, 2.05) is 30.5 Å². The molecule has 0 saturated heterocycles. The van der Waals surface area contributed by atoms with Crippen molar-refractivity contribution in [3.8, 4) is 78.0 Å². The Bertz CT molecular complexity index is 2920. The zero-order chi connectivity index (χ0) is 38.9. The Morgan fingerprint density at radius 3 is 1.38 bits per heavy atom. The molecule has 3 nitrogen and oxygen atoms in total. The molecule has 0 amide bonds. The van der Waals surface area contributed by atoms with Gasteiger partial charge in [0.25, 0.3) is 0 Å². The fraction of sp³-hybridized carbons (Fsp3) is 0.0182. The summed E-state index contributed by atoms with van der Waals surface area (Å²) in [6, 6.07) is 77.4. The average molecular weight is 742 g/mol. The number of aromatic nitrogens is 1. The van der Waals surface area contributed by atoms with Crippen LogP contribution in [0, 0.1) is 0 Å². The van der Waals surface area contributed by atoms with Gasteiger partial charge in [0.15, 0.2) is 5.66 Å². The molecule has 0 saturated carbocycles. The van der Waals surface area contributed by atoms with Crippen molar-refractivity contribution in [2.45, 2.75) is 5.66 Å². The summed E-state index contributed by atoms with van der Waals surface area (Å²) in [5, 5.41) is 0. The van der Waals surface area contributed by atoms with Crippen molar-refractivity contribution in [1.29, 1.82) is 0 Å². The number of aliphatic imine (C=N–C) groups is 1. The van der Waals surface area contributed by atoms with Crippen molar-refractivity contribution >= 4 is 5.71 Å². The molecule has 9 aromatic rings. The van der Waals surface area contributed by atoms with Crippen LogP contribution in [-0.2, 0) is 5.66 Å². The van der Waals surface area contributed by atoms with Gasteiger partial charge >= 0.3 is 0 Å². The maximum atomic E-state index is 7.07. The third-order valence-corrected chi connectivity index (χ3v) is 11.1. The van der Waals surface area contributed by atoms with E-state index in [-0.39, 0.29) is 0 Å². The van der Waals surface area contributed by atoms with E-state index < -0.39 is 5.66 Å². The summed E-state index contributed by atoms with van der Waals surface area (Å²) in [6.07, 6.45) is 1.82. The van der Waals surface area contributed by atoms with Gasteiger partial charge in [0.2, 0.25) is 0 Å². The Morgan fingerprint density at radius 1 is 0.328 bits per heavy atom. The highest BCUT2D eigenvalue weighted by Crippen LogP contribution is 2.50. The Balaban J connectivity index is 1.12. The lowest BCUT2D eigenvalue weighted by molar-refractivity contribution is 0.758. The van der Waals surface area contributed by atoms with E-state index >= 15 is 0 Å². The third kappa shape index (κ3) is 6.54. The number of hydrogen-bond acceptors (Lipinski definition) is 3. The number of nitrogens with two attached hydrogens (primary N) is 1. The monoisotopic (exact) mass is 741 g/mol. The lowest BCUT2D eigenvalue weighted by atomic mass is 9.78. The largest absolute Gasteiger partial charge is 0.298 e. The van der Waals surface area contributed by atoms with Crippen molar-refractivity contribution in [3.05, 3.63) is 236 Å². The number of hydrogen-bond donors (Lipinski definition) is 1. The van der Waals surface area contributed by atoms with Crippen molar-refractivity contribution in [2.24, 2.45) is 10.7 Å². The molecule has 8 aromatic carbocycles. The molecular weight excluding hydrogens is 703 g/mol. The molecule has 2 N–H and O–H groups in total. The van der Waals surface area contributed by atoms with Crippen LogP contribution in [0.4, 0.5) is 0 Å². The number of pyridine rings is 1. The van der Waals surface area contributed by atoms with Gasteiger partial charge in [0, 0.05) is 22.9 Å². The summed E-state index contributed by atoms with van der Waals surface area (Å²) in [5.74, 6) is 0. The maximum Gasteiger partial charge on any atom is 0.177 e. The van der Waals surface area contributed by atoms with Crippen LogP contribution in [0.15, 0.2) is 230 Å². The molecular formula is C55H39N3. The molecule has 58 heavy (non-hydrogen) atoms. The maximum absolute atomic E-state index is 7.07. The van der Waals surface area contributed by atoms with Gasteiger partial charge in [-0.2, -0.15) is 0 Å². The molecule has 0 radical (unpaired) electrons. The molecule has 2 heterocycles. The van der Waals surface area contributed by atoms with Crippen LogP contribution in [0.2, 0.25) is 0 Å². The van der Waals surface area contributed by atoms with Crippen LogP contribution >= 0.6 is 0 Å². The molecule has 0 fully saturated rings. The summed E-state index contributed by atoms with van der Waals surface area (Å²) in [4.78, 5) is 9.44. The van der Waals surface area contributed by atoms with E-state index in [9.17, 15) is 0 Å². The van der Waals surface area contributed by atoms with E-state index in [1.54, 1.807) is 0 Å². The predicted octanol–water partition coefficient (Wildman–Crippen LogP) is 13.4. The van der Waals surface area contributed by atoms with Gasteiger partial charge in [0.1, 0.15) is 0 Å². The molecule has 1 aliphatic heterocycles. The van der Waals surface area contributed by atoms with Crippen molar-refractivity contribution in [3.63, 3.8) is 0 Å². The zero-order valence-corrected chi connectivity index (χ0v) is 31.8. The third-order valence-electron chi connectivity index (χ3n) is 11.1. The molecule has 1 aliphatic rings. The molecule has 3 heteroatoms. The zero-order valence-electron chi connectivity index (χ0n) is 31.8. The summed E-state index contributed by atoms with van der Waals surface area (Å²) >= 11 is 0. The Hall–Kier alpha value is -7.46. The Kier molecular flexibility index (Phi) is 8.98. The Labute approximate surface area is 339 Å². The molecule has 1 atom stereocenters. The quantitative estimate of drug-likeness (QED) is 0.160. The first-order chi connectivity index (χ1) is 28.6. The smallest absolute Gasteiger partial charge is 0.177 e. The lowest BCUT2D eigenvalue weighted by Crippen LogP contribution is -2.28. The first kappa shape index (κ1) is 35.0. The van der Waals surface area contributed by atoms with Crippen LogP contribution in [0.1, 0.15) is 11.1 Å². The standard InChI is InChI=1S/C55H39N3/c56-55(54(58-55)46-30-16-29-45(35-46)50-32-13-14-33-57-50)47-31-17-27-43(36-47)42-26-15-28-44(34-42)49-37-48(38-18-5-1-6-19-38)51(39-20-7-2-8-21-39)53(41-24-11-4-12-25-41)52(49)40-22-9-3-10-23-40/h1-37H,56H2. The van der Waals surface area contributed by atoms with Gasteiger partial charge in [-0.1, -0.05) is 182 Å². The molecule has 1 unspecified atom stereocenters. The highest BCUT2D eigenvalue weighted by atomic mass is 15.2. The minimum Gasteiger partial charge on any atom is -0.298 e. The minimum absolute atomic E-state index is 0.879. The van der Waals surface area contributed by atoms with E-state index in [4.69, 9.17) is 10.7 Å². The van der Waals surface area contributed by atoms with E-state index in [0.717, 1.165) is 55.9 Å². The van der Waals surface area contributed by atoms with Crippen molar-refractivity contribution in [1.82, 2.24) is 4.98 Å². The fourth-order valence-electron chi connectivity index (χ4n) is 8.25. The molecule has 10 rings (SSSR count). The lowest BCUT2D eigenvalue weighted by Gasteiger charge is -2.24. The van der Waals surface area contributed by atoms with Crippen LogP contribution in [0.5, 0.6) is 0 Å². The first-order valence-electron chi connectivity index (χ1n) is 19.7. The van der Waals surface area contributed by atoms with Gasteiger partial charge in [-0.25, -0.2) is 0 Å². The van der Waals surface area contributed by atoms with E-state index in [2.05, 4.69) is 199 Å². The fourth-order valence-corrected chi connectivity index (χ4v) is 8.25. The molecule has 0 spiro atoms. The second-order valence-electron chi connectivity index (χ2n) is 14.7. The summed E-state index contributed by atoms with van der Waals surface area (Å²) in [6.45, 7) is 0. The van der Waals surface area contributed by atoms with Gasteiger partial charge in [-0.3, -0.25) is 15.7 Å². The molecule has 0 bridgehead atoms. The van der Waals surface area contributed by atoms with Gasteiger partial charge < -0.3 is 0 Å². The normalized spacial score (nSPS) is 14.5.